The van der Waals surface area contributed by atoms with Gasteiger partial charge in [-0.05, 0) is 49.8 Å². The predicted molar refractivity (Wildman–Crippen MR) is 124 cm³/mol. The average molecular weight is 433 g/mol. The molecule has 4 nitrogen and oxygen atoms in total. The number of halogens is 1. The molecule has 2 rings (SSSR count). The Bertz CT molecular complexity index is 825. The van der Waals surface area contributed by atoms with Gasteiger partial charge in [-0.15, -0.1) is 0 Å². The Hall–Kier alpha value is -2.21. The molecule has 30 heavy (non-hydrogen) atoms. The van der Waals surface area contributed by atoms with E-state index in [1.165, 1.54) is 0 Å². The molecule has 1 aromatic carbocycles. The summed E-state index contributed by atoms with van der Waals surface area (Å²) in [6, 6.07) is 8.06. The Balaban J connectivity index is 1.52. The summed E-state index contributed by atoms with van der Waals surface area (Å²) in [4.78, 5) is 16.2. The first-order chi connectivity index (χ1) is 14.5. The number of amides is 1. The van der Waals surface area contributed by atoms with Gasteiger partial charge in [0.15, 0.2) is 5.83 Å². The number of aromatic nitrogens is 1. The molecule has 0 bridgehead atoms. The molecule has 0 aliphatic rings. The van der Waals surface area contributed by atoms with E-state index < -0.39 is 11.7 Å². The third-order valence-corrected chi connectivity index (χ3v) is 5.55. The second-order valence-electron chi connectivity index (χ2n) is 7.86. The predicted octanol–water partition coefficient (Wildman–Crippen LogP) is 6.59. The lowest BCUT2D eigenvalue weighted by Gasteiger charge is -2.06. The molecule has 0 fully saturated rings. The monoisotopic (exact) mass is 432 g/mol. The summed E-state index contributed by atoms with van der Waals surface area (Å²) >= 11 is 1.59. The Morgan fingerprint density at radius 2 is 1.93 bits per heavy atom. The number of benzene rings is 1. The summed E-state index contributed by atoms with van der Waals surface area (Å²) < 4.78 is 20.9. The third-order valence-electron chi connectivity index (χ3n) is 4.60. The fourth-order valence-electron chi connectivity index (χ4n) is 2.85. The van der Waals surface area contributed by atoms with Crippen molar-refractivity contribution in [1.29, 1.82) is 0 Å². The highest BCUT2D eigenvalue weighted by atomic mass is 32.1. The molecule has 1 N–H and O–H groups in total. The van der Waals surface area contributed by atoms with E-state index in [4.69, 9.17) is 4.74 Å². The van der Waals surface area contributed by atoms with Crippen molar-refractivity contribution in [2.24, 2.45) is 5.92 Å². The Morgan fingerprint density at radius 1 is 1.20 bits per heavy atom. The molecule has 0 saturated heterocycles. The van der Waals surface area contributed by atoms with Crippen LogP contribution in [0.5, 0.6) is 5.19 Å². The lowest BCUT2D eigenvalue weighted by atomic mass is 10.1. The number of nitrogens with zero attached hydrogens (tertiary/aromatic N) is 1. The van der Waals surface area contributed by atoms with Gasteiger partial charge in [0.05, 0.1) is 16.8 Å². The van der Waals surface area contributed by atoms with Gasteiger partial charge in [-0.25, -0.2) is 9.37 Å². The maximum absolute atomic E-state index is 14.0. The molecule has 1 aromatic heterocycles. The zero-order chi connectivity index (χ0) is 21.8. The fraction of sp³-hybridized carbons (Fsp3) is 0.500. The second kappa shape index (κ2) is 13.2. The number of rotatable bonds is 13. The summed E-state index contributed by atoms with van der Waals surface area (Å²) in [5.74, 6) is -1.02. The van der Waals surface area contributed by atoms with Crippen LogP contribution in [0.2, 0.25) is 0 Å². The molecule has 0 radical (unpaired) electrons. The van der Waals surface area contributed by atoms with E-state index in [9.17, 15) is 9.18 Å². The van der Waals surface area contributed by atoms with Crippen LogP contribution in [-0.2, 0) is 4.79 Å². The van der Waals surface area contributed by atoms with Crippen LogP contribution in [0.25, 0.3) is 10.2 Å². The molecule has 6 heteroatoms. The summed E-state index contributed by atoms with van der Waals surface area (Å²) in [7, 11) is 0. The van der Waals surface area contributed by atoms with Crippen molar-refractivity contribution in [3.63, 3.8) is 0 Å². The first-order valence-electron chi connectivity index (χ1n) is 10.8. The standard InChI is InChI=1S/C24H33FN2O2S/c1-18(2)17-26-23(28)22(25)19(3)13-9-7-5-4-6-8-12-16-29-24-27-20-14-10-11-15-21(20)30-24/h9-11,13-15,18H,4-8,12,16-17H2,1-3H3,(H,26,28)/b13-9+,22-19-. The van der Waals surface area contributed by atoms with E-state index >= 15 is 0 Å². The van der Waals surface area contributed by atoms with Gasteiger partial charge in [-0.3, -0.25) is 4.79 Å². The number of allylic oxidation sites excluding steroid dienone is 3. The van der Waals surface area contributed by atoms with Gasteiger partial charge in [0.1, 0.15) is 0 Å². The van der Waals surface area contributed by atoms with E-state index in [1.807, 2.05) is 38.1 Å². The lowest BCUT2D eigenvalue weighted by molar-refractivity contribution is -0.119. The highest BCUT2D eigenvalue weighted by Gasteiger charge is 2.10. The molecule has 0 aliphatic heterocycles. The van der Waals surface area contributed by atoms with Crippen molar-refractivity contribution in [2.75, 3.05) is 13.2 Å². The van der Waals surface area contributed by atoms with Gasteiger partial charge < -0.3 is 10.1 Å². The van der Waals surface area contributed by atoms with Crippen LogP contribution in [0.4, 0.5) is 4.39 Å². The number of fused-ring (bicyclic) bond motifs is 1. The van der Waals surface area contributed by atoms with E-state index in [-0.39, 0.29) is 0 Å². The van der Waals surface area contributed by atoms with Crippen molar-refractivity contribution >= 4 is 27.5 Å². The number of nitrogens with one attached hydrogen (secondary N) is 1. The normalized spacial score (nSPS) is 12.6. The van der Waals surface area contributed by atoms with Crippen LogP contribution in [0.1, 0.15) is 59.3 Å². The van der Waals surface area contributed by atoms with Crippen molar-refractivity contribution in [3.8, 4) is 5.19 Å². The highest BCUT2D eigenvalue weighted by molar-refractivity contribution is 7.20. The fourth-order valence-corrected chi connectivity index (χ4v) is 3.69. The van der Waals surface area contributed by atoms with Gasteiger partial charge in [0.2, 0.25) is 0 Å². The number of carbonyl (C=O) groups excluding carboxylic acids is 1. The number of carbonyl (C=O) groups is 1. The quantitative estimate of drug-likeness (QED) is 0.221. The first-order valence-corrected chi connectivity index (χ1v) is 11.6. The van der Waals surface area contributed by atoms with Gasteiger partial charge >= 0.3 is 0 Å². The van der Waals surface area contributed by atoms with E-state index in [0.717, 1.165) is 53.9 Å². The Morgan fingerprint density at radius 3 is 2.70 bits per heavy atom. The molecule has 0 spiro atoms. The number of hydrogen-bond acceptors (Lipinski definition) is 4. The topological polar surface area (TPSA) is 51.2 Å². The van der Waals surface area contributed by atoms with Crippen LogP contribution < -0.4 is 10.1 Å². The molecule has 1 heterocycles. The second-order valence-corrected chi connectivity index (χ2v) is 8.85. The molecule has 1 amide bonds. The molecule has 0 aliphatic carbocycles. The molecule has 2 aromatic rings. The minimum Gasteiger partial charge on any atom is -0.470 e. The van der Waals surface area contributed by atoms with Crippen LogP contribution in [0, 0.1) is 5.92 Å². The summed E-state index contributed by atoms with van der Waals surface area (Å²) in [5, 5.41) is 3.34. The maximum Gasteiger partial charge on any atom is 0.280 e. The van der Waals surface area contributed by atoms with Crippen molar-refractivity contribution in [3.05, 3.63) is 47.8 Å². The molecule has 0 atom stereocenters. The number of ether oxygens (including phenoxy) is 1. The van der Waals surface area contributed by atoms with Crippen LogP contribution >= 0.6 is 11.3 Å². The first kappa shape index (κ1) is 24.1. The summed E-state index contributed by atoms with van der Waals surface area (Å²) in [6.45, 7) is 6.76. The van der Waals surface area contributed by atoms with Gasteiger partial charge in [-0.2, -0.15) is 0 Å². The average Bonchev–Trinajstić information content (AvgIpc) is 3.15. The molecule has 0 unspecified atom stereocenters. The summed E-state index contributed by atoms with van der Waals surface area (Å²) in [6.07, 6.45) is 10.0. The molecular weight excluding hydrogens is 399 g/mol. The van der Waals surface area contributed by atoms with Crippen LogP contribution in [0.15, 0.2) is 47.8 Å². The number of hydrogen-bond donors (Lipinski definition) is 1. The molecular formula is C24H33FN2O2S. The Labute approximate surface area is 183 Å². The number of para-hydroxylation sites is 1. The number of unbranched alkanes of at least 4 members (excludes halogenated alkanes) is 5. The zero-order valence-corrected chi connectivity index (χ0v) is 19.1. The van der Waals surface area contributed by atoms with Crippen LogP contribution in [0.3, 0.4) is 0 Å². The SMILES string of the molecule is CC(/C=C/CCCCCCCOc1nc2ccccc2s1)=C(/F)C(=O)NCC(C)C. The highest BCUT2D eigenvalue weighted by Crippen LogP contribution is 2.27. The smallest absolute Gasteiger partial charge is 0.280 e. The minimum atomic E-state index is -0.694. The zero-order valence-electron chi connectivity index (χ0n) is 18.2. The van der Waals surface area contributed by atoms with Crippen molar-refractivity contribution in [1.82, 2.24) is 10.3 Å². The Kier molecular flexibility index (Phi) is 10.6. The minimum absolute atomic E-state index is 0.302. The lowest BCUT2D eigenvalue weighted by Crippen LogP contribution is -2.27. The maximum atomic E-state index is 14.0. The van der Waals surface area contributed by atoms with E-state index in [1.54, 1.807) is 24.3 Å². The van der Waals surface area contributed by atoms with E-state index in [2.05, 4.69) is 16.4 Å². The largest absolute Gasteiger partial charge is 0.470 e. The van der Waals surface area contributed by atoms with Crippen molar-refractivity contribution < 1.29 is 13.9 Å². The third kappa shape index (κ3) is 8.66. The molecule has 164 valence electrons. The van der Waals surface area contributed by atoms with Crippen LogP contribution in [-0.4, -0.2) is 24.0 Å². The summed E-state index contributed by atoms with van der Waals surface area (Å²) in [5.41, 5.74) is 1.37. The van der Waals surface area contributed by atoms with Gasteiger partial charge in [0.25, 0.3) is 11.1 Å². The van der Waals surface area contributed by atoms with Gasteiger partial charge in [-0.1, -0.05) is 68.7 Å². The van der Waals surface area contributed by atoms with E-state index in [0.29, 0.717) is 24.6 Å². The van der Waals surface area contributed by atoms with Crippen molar-refractivity contribution in [2.45, 2.75) is 59.3 Å². The van der Waals surface area contributed by atoms with Gasteiger partial charge in [0, 0.05) is 6.54 Å². The molecule has 0 saturated carbocycles. The number of thiazole rings is 1.